The van der Waals surface area contributed by atoms with Crippen molar-refractivity contribution >= 4 is 33.8 Å². The third-order valence-corrected chi connectivity index (χ3v) is 7.45. The fourth-order valence-corrected chi connectivity index (χ4v) is 5.53. The molecular weight excluding hydrogens is 516 g/mol. The number of fused-ring (bicyclic) bond motifs is 2. The molecule has 2 N–H and O–H groups in total. The highest BCUT2D eigenvalue weighted by Crippen LogP contribution is 2.33. The quantitative estimate of drug-likeness (QED) is 0.294. The smallest absolute Gasteiger partial charge is 0.257 e. The van der Waals surface area contributed by atoms with E-state index in [0.29, 0.717) is 45.5 Å². The molecule has 1 aliphatic rings. The Bertz CT molecular complexity index is 1770. The molecule has 1 saturated heterocycles. The molecule has 1 amide bonds. The number of aromatic nitrogens is 4. The van der Waals surface area contributed by atoms with Gasteiger partial charge < -0.3 is 24.7 Å². The molecule has 10 nitrogen and oxygen atoms in total. The Morgan fingerprint density at radius 1 is 1.12 bits per heavy atom. The van der Waals surface area contributed by atoms with Crippen molar-refractivity contribution in [3.63, 3.8) is 0 Å². The summed E-state index contributed by atoms with van der Waals surface area (Å²) in [4.78, 5) is 20.6. The van der Waals surface area contributed by atoms with Gasteiger partial charge in [0.15, 0.2) is 11.4 Å². The monoisotopic (exact) mass is 548 g/mol. The highest BCUT2D eigenvalue weighted by molar-refractivity contribution is 6.14. The summed E-state index contributed by atoms with van der Waals surface area (Å²) in [7, 11) is 1.88. The number of amides is 1. The molecule has 1 aliphatic heterocycles. The third kappa shape index (κ3) is 5.32. The van der Waals surface area contributed by atoms with Crippen molar-refractivity contribution in [3.8, 4) is 17.6 Å². The van der Waals surface area contributed by atoms with Crippen molar-refractivity contribution in [1.29, 1.82) is 5.26 Å². The summed E-state index contributed by atoms with van der Waals surface area (Å²) in [6.07, 6.45) is 7.85. The molecule has 5 aromatic rings. The second kappa shape index (κ2) is 10.9. The minimum absolute atomic E-state index is 0.258. The van der Waals surface area contributed by atoms with Crippen LogP contribution in [0, 0.1) is 18.3 Å². The summed E-state index contributed by atoms with van der Waals surface area (Å²) < 4.78 is 9.74. The predicted octanol–water partition coefficient (Wildman–Crippen LogP) is 5.02. The van der Waals surface area contributed by atoms with Crippen molar-refractivity contribution in [2.75, 3.05) is 29.9 Å². The van der Waals surface area contributed by atoms with Crippen molar-refractivity contribution < 1.29 is 9.53 Å². The maximum Gasteiger partial charge on any atom is 0.257 e. The van der Waals surface area contributed by atoms with Crippen LogP contribution in [0.25, 0.3) is 16.6 Å². The molecule has 0 spiro atoms. The van der Waals surface area contributed by atoms with Crippen LogP contribution in [0.4, 0.5) is 11.4 Å². The van der Waals surface area contributed by atoms with Crippen LogP contribution in [0.2, 0.25) is 0 Å². The van der Waals surface area contributed by atoms with Gasteiger partial charge in [-0.15, -0.1) is 0 Å². The topological polar surface area (TPSA) is 113 Å². The van der Waals surface area contributed by atoms with Gasteiger partial charge in [-0.3, -0.25) is 9.48 Å². The van der Waals surface area contributed by atoms with Gasteiger partial charge in [-0.1, -0.05) is 6.92 Å². The number of nitrogens with zero attached hydrogens (tertiary/aromatic N) is 6. The zero-order chi connectivity index (χ0) is 28.5. The number of carbonyl (C=O) groups excluding carboxylic acids is 1. The Labute approximate surface area is 238 Å². The number of aryl methyl sites for hydroxylation is 2. The van der Waals surface area contributed by atoms with E-state index in [1.54, 1.807) is 35.0 Å². The number of nitrogens with one attached hydrogen (secondary N) is 2. The summed E-state index contributed by atoms with van der Waals surface area (Å²) in [6, 6.07) is 15.2. The molecule has 208 valence electrons. The summed E-state index contributed by atoms with van der Waals surface area (Å²) in [5.41, 5.74) is 4.83. The maximum absolute atomic E-state index is 13.6. The standard InChI is InChI=1S/C31H32N8O2/c1-4-33-22-11-13-38(14-12-22)27-10-9-25(29-26(27)19-37(3)36-29)31(40)35-23-15-28(30-34-20(2)17-39(30)18-23)41-24-7-5-21(16-32)6-8-24/h5-10,15,17-19,22,33H,4,11-14H2,1-3H3,(H,35,40). The SMILES string of the molecule is CCNC1CCN(c2ccc(C(=O)Nc3cc(Oc4ccc(C#N)cc4)c4nc(C)cn4c3)c3nn(C)cc23)CC1. The summed E-state index contributed by atoms with van der Waals surface area (Å²) >= 11 is 0. The van der Waals surface area contributed by atoms with Crippen molar-refractivity contribution in [2.45, 2.75) is 32.7 Å². The molecule has 10 heteroatoms. The Hall–Kier alpha value is -4.88. The molecule has 0 saturated carbocycles. The van der Waals surface area contributed by atoms with Gasteiger partial charge in [0.25, 0.3) is 5.91 Å². The van der Waals surface area contributed by atoms with Crippen molar-refractivity contribution in [1.82, 2.24) is 24.5 Å². The largest absolute Gasteiger partial charge is 0.453 e. The van der Waals surface area contributed by atoms with E-state index in [2.05, 4.69) is 38.6 Å². The molecule has 0 unspecified atom stereocenters. The molecule has 0 bridgehead atoms. The van der Waals surface area contributed by atoms with Crippen LogP contribution in [0.1, 0.15) is 41.4 Å². The van der Waals surface area contributed by atoms with E-state index in [9.17, 15) is 4.79 Å². The van der Waals surface area contributed by atoms with Gasteiger partial charge in [0.2, 0.25) is 0 Å². The number of hydrogen-bond acceptors (Lipinski definition) is 7. The Morgan fingerprint density at radius 3 is 2.63 bits per heavy atom. The highest BCUT2D eigenvalue weighted by atomic mass is 16.5. The van der Waals surface area contributed by atoms with Gasteiger partial charge in [0.1, 0.15) is 11.3 Å². The van der Waals surface area contributed by atoms with Gasteiger partial charge >= 0.3 is 0 Å². The summed E-state index contributed by atoms with van der Waals surface area (Å²) in [5.74, 6) is 0.793. The average Bonchev–Trinajstić information content (AvgIpc) is 3.55. The minimum atomic E-state index is -0.258. The van der Waals surface area contributed by atoms with Crippen molar-refractivity contribution in [3.05, 3.63) is 77.9 Å². The first-order valence-electron chi connectivity index (χ1n) is 13.8. The molecule has 6 rings (SSSR count). The molecule has 0 aliphatic carbocycles. The van der Waals surface area contributed by atoms with Crippen LogP contribution in [-0.2, 0) is 7.05 Å². The van der Waals surface area contributed by atoms with Gasteiger partial charge in [0, 0.05) is 61.9 Å². The highest BCUT2D eigenvalue weighted by Gasteiger charge is 2.23. The number of rotatable bonds is 7. The first-order valence-corrected chi connectivity index (χ1v) is 13.8. The predicted molar refractivity (Wildman–Crippen MR) is 159 cm³/mol. The lowest BCUT2D eigenvalue weighted by atomic mass is 10.0. The second-order valence-electron chi connectivity index (χ2n) is 10.4. The Morgan fingerprint density at radius 2 is 1.90 bits per heavy atom. The number of ether oxygens (including phenoxy) is 1. The van der Waals surface area contributed by atoms with Crippen molar-refractivity contribution in [2.24, 2.45) is 7.05 Å². The molecule has 4 heterocycles. The van der Waals surface area contributed by atoms with Gasteiger partial charge in [-0.05, 0) is 62.7 Å². The van der Waals surface area contributed by atoms with E-state index in [1.807, 2.05) is 49.1 Å². The Kier molecular flexibility index (Phi) is 7.03. The maximum atomic E-state index is 13.6. The molecule has 41 heavy (non-hydrogen) atoms. The lowest BCUT2D eigenvalue weighted by Gasteiger charge is -2.34. The third-order valence-electron chi connectivity index (χ3n) is 7.45. The van der Waals surface area contributed by atoms with Crippen LogP contribution >= 0.6 is 0 Å². The lowest BCUT2D eigenvalue weighted by Crippen LogP contribution is -2.42. The number of imidazole rings is 1. The zero-order valence-corrected chi connectivity index (χ0v) is 23.4. The lowest BCUT2D eigenvalue weighted by molar-refractivity contribution is 0.102. The van der Waals surface area contributed by atoms with Crippen LogP contribution in [-0.4, -0.2) is 50.7 Å². The normalized spacial score (nSPS) is 14.0. The van der Waals surface area contributed by atoms with Crippen LogP contribution < -0.4 is 20.3 Å². The molecule has 3 aromatic heterocycles. The van der Waals surface area contributed by atoms with E-state index in [0.717, 1.165) is 49.2 Å². The molecule has 0 radical (unpaired) electrons. The molecule has 2 aromatic carbocycles. The van der Waals surface area contributed by atoms with E-state index in [4.69, 9.17) is 10.00 Å². The number of nitriles is 1. The Balaban J connectivity index is 1.29. The first-order chi connectivity index (χ1) is 19.9. The van der Waals surface area contributed by atoms with E-state index in [-0.39, 0.29) is 5.91 Å². The number of anilines is 2. The van der Waals surface area contributed by atoms with Crippen LogP contribution in [0.3, 0.4) is 0 Å². The fourth-order valence-electron chi connectivity index (χ4n) is 5.53. The minimum Gasteiger partial charge on any atom is -0.453 e. The number of benzene rings is 2. The van der Waals surface area contributed by atoms with E-state index >= 15 is 0 Å². The molecule has 0 atom stereocenters. The second-order valence-corrected chi connectivity index (χ2v) is 10.4. The zero-order valence-electron chi connectivity index (χ0n) is 23.4. The molecular formula is C31H32N8O2. The number of piperidine rings is 1. The number of hydrogen-bond donors (Lipinski definition) is 2. The fraction of sp³-hybridized carbons (Fsp3) is 0.290. The van der Waals surface area contributed by atoms with Crippen LogP contribution in [0.5, 0.6) is 11.5 Å². The molecule has 1 fully saturated rings. The van der Waals surface area contributed by atoms with E-state index in [1.165, 1.54) is 0 Å². The van der Waals surface area contributed by atoms with Gasteiger partial charge in [-0.2, -0.15) is 10.4 Å². The van der Waals surface area contributed by atoms with Gasteiger partial charge in [0.05, 0.1) is 28.6 Å². The van der Waals surface area contributed by atoms with E-state index < -0.39 is 0 Å². The summed E-state index contributed by atoms with van der Waals surface area (Å²) in [5, 5.41) is 21.3. The number of carbonyl (C=O) groups is 1. The van der Waals surface area contributed by atoms with Gasteiger partial charge in [-0.25, -0.2) is 4.98 Å². The first kappa shape index (κ1) is 26.3. The number of pyridine rings is 1. The summed E-state index contributed by atoms with van der Waals surface area (Å²) in [6.45, 7) is 6.95. The average molecular weight is 549 g/mol. The van der Waals surface area contributed by atoms with Crippen LogP contribution in [0.15, 0.2) is 61.1 Å².